The third-order valence-corrected chi connectivity index (χ3v) is 1.50. The van der Waals surface area contributed by atoms with Crippen molar-refractivity contribution in [1.29, 1.82) is 0 Å². The highest BCUT2D eigenvalue weighted by molar-refractivity contribution is 5.76. The minimum atomic E-state index is -1.01. The van der Waals surface area contributed by atoms with Crippen molar-refractivity contribution in [1.82, 2.24) is 5.06 Å². The van der Waals surface area contributed by atoms with Crippen molar-refractivity contribution in [3.63, 3.8) is 0 Å². The molecule has 6 heteroatoms. The summed E-state index contributed by atoms with van der Waals surface area (Å²) in [5.74, 6) is -1.35. The molecular formula is C7H14N2O4. The quantitative estimate of drug-likeness (QED) is 0.553. The van der Waals surface area contributed by atoms with Gasteiger partial charge in [-0.25, -0.2) is 5.06 Å². The molecular weight excluding hydrogens is 176 g/mol. The predicted octanol–water partition coefficient (Wildman–Crippen LogP) is -0.802. The standard InChI is InChI=1S/C7H14N2O4/c1-9(13-2)6(10)3-5(8)4-7(11)12/h5H,3-4,8H2,1-2H3,(H,11,12). The summed E-state index contributed by atoms with van der Waals surface area (Å²) in [5.41, 5.74) is 5.38. The second-order valence-corrected chi connectivity index (χ2v) is 2.64. The highest BCUT2D eigenvalue weighted by Crippen LogP contribution is 1.98. The maximum absolute atomic E-state index is 11.1. The van der Waals surface area contributed by atoms with Gasteiger partial charge in [-0.2, -0.15) is 0 Å². The van der Waals surface area contributed by atoms with Crippen LogP contribution in [0.25, 0.3) is 0 Å². The molecule has 3 N–H and O–H groups in total. The molecule has 0 saturated heterocycles. The summed E-state index contributed by atoms with van der Waals surface area (Å²) in [6, 6.07) is -0.664. The number of hydrogen-bond donors (Lipinski definition) is 2. The van der Waals surface area contributed by atoms with E-state index < -0.39 is 12.0 Å². The number of carboxylic acid groups (broad SMARTS) is 1. The molecule has 0 fully saturated rings. The molecule has 0 aromatic rings. The Morgan fingerprint density at radius 1 is 1.54 bits per heavy atom. The summed E-state index contributed by atoms with van der Waals surface area (Å²) in [6.07, 6.45) is -0.250. The minimum Gasteiger partial charge on any atom is -0.481 e. The van der Waals surface area contributed by atoms with E-state index >= 15 is 0 Å². The first kappa shape index (κ1) is 11.9. The van der Waals surface area contributed by atoms with Gasteiger partial charge in [0.25, 0.3) is 0 Å². The fraction of sp³-hybridized carbons (Fsp3) is 0.714. The first-order valence-corrected chi connectivity index (χ1v) is 3.75. The fourth-order valence-corrected chi connectivity index (χ4v) is 0.751. The zero-order valence-electron chi connectivity index (χ0n) is 7.69. The van der Waals surface area contributed by atoms with E-state index in [4.69, 9.17) is 10.8 Å². The molecule has 0 saturated carbocycles. The van der Waals surface area contributed by atoms with E-state index in [2.05, 4.69) is 4.84 Å². The molecule has 0 rings (SSSR count). The monoisotopic (exact) mass is 190 g/mol. The molecule has 6 nitrogen and oxygen atoms in total. The van der Waals surface area contributed by atoms with Crippen molar-refractivity contribution in [2.75, 3.05) is 14.2 Å². The lowest BCUT2D eigenvalue weighted by Gasteiger charge is -2.15. The number of carbonyl (C=O) groups is 2. The van der Waals surface area contributed by atoms with Crippen LogP contribution in [0.5, 0.6) is 0 Å². The predicted molar refractivity (Wildman–Crippen MR) is 44.6 cm³/mol. The molecule has 1 unspecified atom stereocenters. The summed E-state index contributed by atoms with van der Waals surface area (Å²) < 4.78 is 0. The Hall–Kier alpha value is -1.14. The van der Waals surface area contributed by atoms with Crippen molar-refractivity contribution in [2.45, 2.75) is 18.9 Å². The lowest BCUT2D eigenvalue weighted by molar-refractivity contribution is -0.169. The Bertz CT molecular complexity index is 195. The summed E-state index contributed by atoms with van der Waals surface area (Å²) >= 11 is 0. The zero-order chi connectivity index (χ0) is 10.4. The molecule has 0 spiro atoms. The Kier molecular flexibility index (Phi) is 5.01. The molecule has 0 aliphatic rings. The lowest BCUT2D eigenvalue weighted by atomic mass is 10.1. The molecule has 0 aromatic carbocycles. The SMILES string of the molecule is CON(C)C(=O)CC(N)CC(=O)O. The van der Waals surface area contributed by atoms with Crippen LogP contribution >= 0.6 is 0 Å². The molecule has 1 amide bonds. The number of hydrogen-bond acceptors (Lipinski definition) is 4. The van der Waals surface area contributed by atoms with Crippen molar-refractivity contribution < 1.29 is 19.5 Å². The minimum absolute atomic E-state index is 0.0311. The lowest BCUT2D eigenvalue weighted by Crippen LogP contribution is -2.33. The maximum atomic E-state index is 11.1. The summed E-state index contributed by atoms with van der Waals surface area (Å²) in [4.78, 5) is 25.9. The van der Waals surface area contributed by atoms with Gasteiger partial charge in [0.2, 0.25) is 5.91 Å². The summed E-state index contributed by atoms with van der Waals surface area (Å²) in [7, 11) is 2.79. The molecule has 0 aliphatic heterocycles. The Balaban J connectivity index is 3.84. The van der Waals surface area contributed by atoms with Crippen LogP contribution in [-0.2, 0) is 14.4 Å². The molecule has 0 aromatic heterocycles. The first-order chi connectivity index (χ1) is 5.97. The van der Waals surface area contributed by atoms with Crippen LogP contribution in [0, 0.1) is 0 Å². The van der Waals surface area contributed by atoms with Crippen molar-refractivity contribution in [3.05, 3.63) is 0 Å². The van der Waals surface area contributed by atoms with Crippen LogP contribution in [0.3, 0.4) is 0 Å². The first-order valence-electron chi connectivity index (χ1n) is 3.75. The highest BCUT2D eigenvalue weighted by atomic mass is 16.7. The van der Waals surface area contributed by atoms with Crippen molar-refractivity contribution in [3.8, 4) is 0 Å². The van der Waals surface area contributed by atoms with Gasteiger partial charge in [-0.15, -0.1) is 0 Å². The number of hydroxylamine groups is 2. The van der Waals surface area contributed by atoms with Crippen LogP contribution in [0.1, 0.15) is 12.8 Å². The third kappa shape index (κ3) is 5.15. The second kappa shape index (κ2) is 5.50. The number of carboxylic acids is 1. The van der Waals surface area contributed by atoms with E-state index in [1.54, 1.807) is 0 Å². The van der Waals surface area contributed by atoms with E-state index in [0.29, 0.717) is 0 Å². The number of nitrogens with zero attached hydrogens (tertiary/aromatic N) is 1. The van der Waals surface area contributed by atoms with Crippen LogP contribution in [0.4, 0.5) is 0 Å². The van der Waals surface area contributed by atoms with Gasteiger partial charge in [0.15, 0.2) is 0 Å². The van der Waals surface area contributed by atoms with Gasteiger partial charge in [-0.3, -0.25) is 14.4 Å². The Morgan fingerprint density at radius 3 is 2.46 bits per heavy atom. The number of rotatable bonds is 5. The Labute approximate surface area is 76.2 Å². The summed E-state index contributed by atoms with van der Waals surface area (Å²) in [5, 5.41) is 9.37. The molecule has 1 atom stereocenters. The number of aliphatic carboxylic acids is 1. The topological polar surface area (TPSA) is 92.9 Å². The Morgan fingerprint density at radius 2 is 2.08 bits per heavy atom. The van der Waals surface area contributed by atoms with Gasteiger partial charge < -0.3 is 10.8 Å². The van der Waals surface area contributed by atoms with E-state index in [9.17, 15) is 9.59 Å². The smallest absolute Gasteiger partial charge is 0.304 e. The van der Waals surface area contributed by atoms with Crippen molar-refractivity contribution in [2.24, 2.45) is 5.73 Å². The zero-order valence-corrected chi connectivity index (χ0v) is 7.69. The van der Waals surface area contributed by atoms with Gasteiger partial charge >= 0.3 is 5.97 Å². The van der Waals surface area contributed by atoms with Gasteiger partial charge in [-0.1, -0.05) is 0 Å². The van der Waals surface area contributed by atoms with Crippen LogP contribution in [0.15, 0.2) is 0 Å². The average molecular weight is 190 g/mol. The van der Waals surface area contributed by atoms with Gasteiger partial charge in [0.1, 0.15) is 0 Å². The van der Waals surface area contributed by atoms with E-state index in [-0.39, 0.29) is 18.7 Å². The van der Waals surface area contributed by atoms with Crippen LogP contribution in [0.2, 0.25) is 0 Å². The van der Waals surface area contributed by atoms with Crippen LogP contribution in [-0.4, -0.2) is 42.2 Å². The molecule has 0 bridgehead atoms. The third-order valence-electron chi connectivity index (χ3n) is 1.50. The molecule has 0 radical (unpaired) electrons. The largest absolute Gasteiger partial charge is 0.481 e. The van der Waals surface area contributed by atoms with Crippen molar-refractivity contribution >= 4 is 11.9 Å². The van der Waals surface area contributed by atoms with Crippen LogP contribution < -0.4 is 5.73 Å². The molecule has 0 heterocycles. The van der Waals surface area contributed by atoms with E-state index in [0.717, 1.165) is 5.06 Å². The molecule has 13 heavy (non-hydrogen) atoms. The van der Waals surface area contributed by atoms with Gasteiger partial charge in [0, 0.05) is 19.5 Å². The van der Waals surface area contributed by atoms with Gasteiger partial charge in [0.05, 0.1) is 13.5 Å². The molecule has 0 aliphatic carbocycles. The second-order valence-electron chi connectivity index (χ2n) is 2.64. The average Bonchev–Trinajstić information content (AvgIpc) is 2.01. The maximum Gasteiger partial charge on any atom is 0.304 e. The van der Waals surface area contributed by atoms with Gasteiger partial charge in [-0.05, 0) is 0 Å². The number of amides is 1. The summed E-state index contributed by atoms with van der Waals surface area (Å²) in [6.45, 7) is 0. The number of nitrogens with two attached hydrogens (primary N) is 1. The fourth-order valence-electron chi connectivity index (χ4n) is 0.751. The van der Waals surface area contributed by atoms with E-state index in [1.807, 2.05) is 0 Å². The normalized spacial score (nSPS) is 12.2. The number of carbonyl (C=O) groups excluding carboxylic acids is 1. The highest BCUT2D eigenvalue weighted by Gasteiger charge is 2.15. The van der Waals surface area contributed by atoms with E-state index in [1.165, 1.54) is 14.2 Å². The molecule has 76 valence electrons.